The number of halogens is 1. The molecule has 0 unspecified atom stereocenters. The number of hydrogen-bond donors (Lipinski definition) is 1. The van der Waals surface area contributed by atoms with Crippen LogP contribution in [0.5, 0.6) is 0 Å². The Hall–Kier alpha value is -3.13. The van der Waals surface area contributed by atoms with Gasteiger partial charge in [0.1, 0.15) is 17.3 Å². The quantitative estimate of drug-likeness (QED) is 0.427. The summed E-state index contributed by atoms with van der Waals surface area (Å²) >= 11 is 1.38. The Morgan fingerprint density at radius 2 is 1.77 bits per heavy atom. The molecule has 0 bridgehead atoms. The standard InChI is InChI=1S/C18H14FN5OS/c19-14-8-6-13(7-9-14)17-21-22-18(24(17)20)26-11-15-10-16(23-25-15)12-4-2-1-3-5-12/h1-10H,11,20H2. The molecule has 4 rings (SSSR count). The van der Waals surface area contributed by atoms with Crippen molar-refractivity contribution in [3.63, 3.8) is 0 Å². The molecule has 6 nitrogen and oxygen atoms in total. The molecule has 0 radical (unpaired) electrons. The van der Waals surface area contributed by atoms with E-state index in [1.54, 1.807) is 12.1 Å². The van der Waals surface area contributed by atoms with Gasteiger partial charge in [0.15, 0.2) is 5.82 Å². The van der Waals surface area contributed by atoms with Gasteiger partial charge in [0.05, 0.1) is 5.75 Å². The molecule has 8 heteroatoms. The smallest absolute Gasteiger partial charge is 0.210 e. The minimum absolute atomic E-state index is 0.314. The van der Waals surface area contributed by atoms with Crippen LogP contribution in [0.3, 0.4) is 0 Å². The molecule has 2 heterocycles. The highest BCUT2D eigenvalue weighted by atomic mass is 32.2. The zero-order valence-corrected chi connectivity index (χ0v) is 14.4. The summed E-state index contributed by atoms with van der Waals surface area (Å²) in [6.45, 7) is 0. The molecule has 0 fully saturated rings. The van der Waals surface area contributed by atoms with Gasteiger partial charge >= 0.3 is 0 Å². The first kappa shape index (κ1) is 16.3. The molecule has 130 valence electrons. The van der Waals surface area contributed by atoms with Crippen molar-refractivity contribution in [1.82, 2.24) is 20.0 Å². The fraction of sp³-hybridized carbons (Fsp3) is 0.0556. The van der Waals surface area contributed by atoms with Crippen molar-refractivity contribution >= 4 is 11.8 Å². The van der Waals surface area contributed by atoms with Gasteiger partial charge in [-0.3, -0.25) is 0 Å². The van der Waals surface area contributed by atoms with Gasteiger partial charge in [0, 0.05) is 17.2 Å². The number of nitrogens with zero attached hydrogens (tertiary/aromatic N) is 4. The Kier molecular flexibility index (Phi) is 4.40. The van der Waals surface area contributed by atoms with Crippen molar-refractivity contribution in [1.29, 1.82) is 0 Å². The van der Waals surface area contributed by atoms with Crippen LogP contribution in [-0.2, 0) is 5.75 Å². The van der Waals surface area contributed by atoms with Crippen molar-refractivity contribution < 1.29 is 8.91 Å². The molecule has 2 N–H and O–H groups in total. The highest BCUT2D eigenvalue weighted by molar-refractivity contribution is 7.98. The van der Waals surface area contributed by atoms with E-state index in [1.807, 2.05) is 36.4 Å². The fourth-order valence-electron chi connectivity index (χ4n) is 2.43. The Bertz CT molecular complexity index is 1010. The van der Waals surface area contributed by atoms with E-state index in [2.05, 4.69) is 15.4 Å². The van der Waals surface area contributed by atoms with Crippen LogP contribution in [0.1, 0.15) is 5.76 Å². The Morgan fingerprint density at radius 1 is 1.00 bits per heavy atom. The number of thioether (sulfide) groups is 1. The third-order valence-electron chi connectivity index (χ3n) is 3.74. The van der Waals surface area contributed by atoms with E-state index in [1.165, 1.54) is 28.6 Å². The first-order valence-corrected chi connectivity index (χ1v) is 8.79. The number of nitrogen functional groups attached to an aromatic ring is 1. The number of rotatable bonds is 5. The number of nitrogens with two attached hydrogens (primary N) is 1. The van der Waals surface area contributed by atoms with Crippen LogP contribution < -0.4 is 5.84 Å². The monoisotopic (exact) mass is 367 g/mol. The van der Waals surface area contributed by atoms with E-state index >= 15 is 0 Å². The topological polar surface area (TPSA) is 82.8 Å². The summed E-state index contributed by atoms with van der Waals surface area (Å²) in [7, 11) is 0. The summed E-state index contributed by atoms with van der Waals surface area (Å²) in [5, 5.41) is 12.8. The largest absolute Gasteiger partial charge is 0.360 e. The molecule has 0 atom stereocenters. The van der Waals surface area contributed by atoms with Crippen molar-refractivity contribution in [2.45, 2.75) is 10.9 Å². The Morgan fingerprint density at radius 3 is 2.54 bits per heavy atom. The molecule has 0 spiro atoms. The van der Waals surface area contributed by atoms with E-state index in [0.29, 0.717) is 28.1 Å². The molecule has 0 aliphatic heterocycles. The van der Waals surface area contributed by atoms with E-state index in [-0.39, 0.29) is 5.82 Å². The molecule has 2 aromatic heterocycles. The van der Waals surface area contributed by atoms with Crippen molar-refractivity contribution in [2.24, 2.45) is 0 Å². The molecule has 0 amide bonds. The molecule has 0 saturated carbocycles. The van der Waals surface area contributed by atoms with Gasteiger partial charge < -0.3 is 10.4 Å². The summed E-state index contributed by atoms with van der Waals surface area (Å²) in [5.74, 6) is 7.44. The SMILES string of the molecule is Nn1c(SCc2cc(-c3ccccc3)no2)nnc1-c1ccc(F)cc1. The Labute approximate surface area is 152 Å². The summed E-state index contributed by atoms with van der Waals surface area (Å²) in [4.78, 5) is 0. The van der Waals surface area contributed by atoms with Gasteiger partial charge in [-0.05, 0) is 24.3 Å². The van der Waals surface area contributed by atoms with Crippen LogP contribution >= 0.6 is 11.8 Å². The molecular formula is C18H14FN5OS. The second-order valence-electron chi connectivity index (χ2n) is 5.52. The lowest BCUT2D eigenvalue weighted by Crippen LogP contribution is -2.11. The predicted molar refractivity (Wildman–Crippen MR) is 97.1 cm³/mol. The van der Waals surface area contributed by atoms with E-state index in [9.17, 15) is 4.39 Å². The fourth-order valence-corrected chi connectivity index (χ4v) is 3.16. The van der Waals surface area contributed by atoms with Crippen LogP contribution in [0.4, 0.5) is 4.39 Å². The van der Waals surface area contributed by atoms with Crippen LogP contribution in [0, 0.1) is 5.82 Å². The number of hydrogen-bond acceptors (Lipinski definition) is 6. The van der Waals surface area contributed by atoms with Gasteiger partial charge in [-0.1, -0.05) is 47.3 Å². The maximum Gasteiger partial charge on any atom is 0.210 e. The summed E-state index contributed by atoms with van der Waals surface area (Å²) in [6.07, 6.45) is 0. The van der Waals surface area contributed by atoms with E-state index < -0.39 is 0 Å². The van der Waals surface area contributed by atoms with Crippen molar-refractivity contribution in [3.05, 3.63) is 72.2 Å². The maximum atomic E-state index is 13.0. The van der Waals surface area contributed by atoms with Gasteiger partial charge in [-0.15, -0.1) is 10.2 Å². The first-order chi connectivity index (χ1) is 12.7. The van der Waals surface area contributed by atoms with E-state index in [0.717, 1.165) is 11.3 Å². The predicted octanol–water partition coefficient (Wildman–Crippen LogP) is 3.75. The number of aromatic nitrogens is 4. The average Bonchev–Trinajstić information content (AvgIpc) is 3.29. The third kappa shape index (κ3) is 3.31. The lowest BCUT2D eigenvalue weighted by molar-refractivity contribution is 0.397. The molecule has 0 saturated heterocycles. The highest BCUT2D eigenvalue weighted by Gasteiger charge is 2.14. The molecule has 0 aliphatic rings. The maximum absolute atomic E-state index is 13.0. The first-order valence-electron chi connectivity index (χ1n) is 7.81. The minimum atomic E-state index is -0.314. The molecular weight excluding hydrogens is 353 g/mol. The molecule has 2 aromatic carbocycles. The van der Waals surface area contributed by atoms with Gasteiger partial charge in [-0.2, -0.15) is 0 Å². The van der Waals surface area contributed by atoms with Crippen LogP contribution in [0.15, 0.2) is 70.3 Å². The Balaban J connectivity index is 1.47. The van der Waals surface area contributed by atoms with Crippen molar-refractivity contribution in [3.8, 4) is 22.6 Å². The van der Waals surface area contributed by atoms with E-state index in [4.69, 9.17) is 10.4 Å². The lowest BCUT2D eigenvalue weighted by atomic mass is 10.1. The highest BCUT2D eigenvalue weighted by Crippen LogP contribution is 2.26. The second kappa shape index (κ2) is 7.01. The zero-order chi connectivity index (χ0) is 17.9. The van der Waals surface area contributed by atoms with Gasteiger partial charge in [0.25, 0.3) is 0 Å². The minimum Gasteiger partial charge on any atom is -0.360 e. The molecule has 26 heavy (non-hydrogen) atoms. The van der Waals surface area contributed by atoms with Crippen LogP contribution in [-0.4, -0.2) is 20.0 Å². The molecule has 0 aliphatic carbocycles. The molecule has 4 aromatic rings. The van der Waals surface area contributed by atoms with Crippen molar-refractivity contribution in [2.75, 3.05) is 5.84 Å². The zero-order valence-electron chi connectivity index (χ0n) is 13.5. The summed E-state index contributed by atoms with van der Waals surface area (Å²) < 4.78 is 19.8. The average molecular weight is 367 g/mol. The lowest BCUT2D eigenvalue weighted by Gasteiger charge is -2.02. The van der Waals surface area contributed by atoms with Crippen LogP contribution in [0.2, 0.25) is 0 Å². The summed E-state index contributed by atoms with van der Waals surface area (Å²) in [6, 6.07) is 17.6. The summed E-state index contributed by atoms with van der Waals surface area (Å²) in [5.41, 5.74) is 2.47. The second-order valence-corrected chi connectivity index (χ2v) is 6.46. The third-order valence-corrected chi connectivity index (χ3v) is 4.70. The normalized spacial score (nSPS) is 11.0. The van der Waals surface area contributed by atoms with Crippen LogP contribution in [0.25, 0.3) is 22.6 Å². The number of benzene rings is 2. The van der Waals surface area contributed by atoms with Gasteiger partial charge in [0.2, 0.25) is 5.16 Å². The van der Waals surface area contributed by atoms with Gasteiger partial charge in [-0.25, -0.2) is 9.07 Å².